The van der Waals surface area contributed by atoms with Gasteiger partial charge in [0.15, 0.2) is 5.82 Å². The molecule has 104 valence electrons. The molecule has 2 aromatic heterocycles. The second kappa shape index (κ2) is 7.04. The van der Waals surface area contributed by atoms with E-state index in [4.69, 9.17) is 4.74 Å². The van der Waals surface area contributed by atoms with Crippen LogP contribution in [0.25, 0.3) is 5.65 Å². The number of aromatic nitrogens is 4. The van der Waals surface area contributed by atoms with Crippen LogP contribution >= 0.6 is 0 Å². The number of aryl methyl sites for hydroxylation is 1. The fraction of sp³-hybridized carbons (Fsp3) is 0.615. The highest BCUT2D eigenvalue weighted by atomic mass is 16.5. The van der Waals surface area contributed by atoms with Crippen molar-refractivity contribution in [3.63, 3.8) is 0 Å². The van der Waals surface area contributed by atoms with E-state index >= 15 is 0 Å². The summed E-state index contributed by atoms with van der Waals surface area (Å²) in [6, 6.07) is 0. The molecule has 0 bridgehead atoms. The van der Waals surface area contributed by atoms with Crippen molar-refractivity contribution in [2.45, 2.75) is 33.1 Å². The molecule has 0 fully saturated rings. The van der Waals surface area contributed by atoms with E-state index in [-0.39, 0.29) is 0 Å². The first-order valence-corrected chi connectivity index (χ1v) is 6.81. The molecule has 1 N–H and O–H groups in total. The van der Waals surface area contributed by atoms with Gasteiger partial charge in [0, 0.05) is 32.2 Å². The average molecular weight is 263 g/mol. The van der Waals surface area contributed by atoms with E-state index in [1.165, 1.54) is 6.42 Å². The summed E-state index contributed by atoms with van der Waals surface area (Å²) in [4.78, 5) is 4.29. The molecule has 0 saturated carbocycles. The maximum absolute atomic E-state index is 5.51. The second-order valence-electron chi connectivity index (χ2n) is 4.46. The molecule has 2 rings (SSSR count). The smallest absolute Gasteiger partial charge is 0.203 e. The summed E-state index contributed by atoms with van der Waals surface area (Å²) in [5, 5.41) is 11.4. The van der Waals surface area contributed by atoms with E-state index in [1.54, 1.807) is 6.20 Å². The Morgan fingerprint density at radius 3 is 2.95 bits per heavy atom. The monoisotopic (exact) mass is 263 g/mol. The van der Waals surface area contributed by atoms with Crippen LogP contribution in [-0.4, -0.2) is 39.3 Å². The summed E-state index contributed by atoms with van der Waals surface area (Å²) in [5.74, 6) is 1.64. The molecule has 0 aliphatic carbocycles. The first kappa shape index (κ1) is 13.7. The number of fused-ring (bicyclic) bond motifs is 1. The minimum atomic E-state index is 0.770. The Morgan fingerprint density at radius 1 is 1.26 bits per heavy atom. The number of rotatable bonds is 8. The molecule has 0 atom stereocenters. The average Bonchev–Trinajstić information content (AvgIpc) is 2.81. The molecule has 0 aliphatic heterocycles. The maximum atomic E-state index is 5.51. The third kappa shape index (κ3) is 3.64. The molecule has 2 heterocycles. The normalized spacial score (nSPS) is 11.1. The second-order valence-corrected chi connectivity index (χ2v) is 4.46. The summed E-state index contributed by atoms with van der Waals surface area (Å²) >= 11 is 0. The molecule has 0 saturated heterocycles. The number of ether oxygens (including phenoxy) is 1. The summed E-state index contributed by atoms with van der Waals surface area (Å²) < 4.78 is 7.43. The largest absolute Gasteiger partial charge is 0.381 e. The van der Waals surface area contributed by atoms with Crippen molar-refractivity contribution < 1.29 is 4.74 Å². The zero-order valence-corrected chi connectivity index (χ0v) is 11.6. The van der Waals surface area contributed by atoms with Crippen molar-refractivity contribution in [3.8, 4) is 0 Å². The quantitative estimate of drug-likeness (QED) is 0.738. The van der Waals surface area contributed by atoms with Gasteiger partial charge in [0.1, 0.15) is 5.82 Å². The van der Waals surface area contributed by atoms with Crippen molar-refractivity contribution in [1.29, 1.82) is 0 Å². The van der Waals surface area contributed by atoms with Crippen molar-refractivity contribution >= 4 is 11.5 Å². The van der Waals surface area contributed by atoms with Gasteiger partial charge < -0.3 is 10.1 Å². The fourth-order valence-electron chi connectivity index (χ4n) is 1.80. The van der Waals surface area contributed by atoms with Gasteiger partial charge in [-0.25, -0.2) is 4.98 Å². The first-order chi connectivity index (χ1) is 9.33. The van der Waals surface area contributed by atoms with Gasteiger partial charge in [0.2, 0.25) is 5.65 Å². The van der Waals surface area contributed by atoms with Gasteiger partial charge in [-0.3, -0.25) is 4.40 Å². The Balaban J connectivity index is 1.79. The standard InChI is InChI=1S/C13H21N5O/c1-3-4-9-19-10-5-6-14-12-13-17-16-11(2)18(13)8-7-15-12/h7-8H,3-6,9-10H2,1-2H3,(H,14,15). The highest BCUT2D eigenvalue weighted by Gasteiger charge is 2.06. The molecular formula is C13H21N5O. The summed E-state index contributed by atoms with van der Waals surface area (Å²) in [6.07, 6.45) is 6.89. The number of hydrogen-bond donors (Lipinski definition) is 1. The van der Waals surface area contributed by atoms with E-state index in [2.05, 4.69) is 27.4 Å². The van der Waals surface area contributed by atoms with E-state index in [1.807, 2.05) is 17.5 Å². The van der Waals surface area contributed by atoms with Crippen LogP contribution in [0.2, 0.25) is 0 Å². The lowest BCUT2D eigenvalue weighted by Crippen LogP contribution is -2.08. The SMILES string of the molecule is CCCCOCCCNc1nccn2c(C)nnc12. The molecule has 2 aromatic rings. The summed E-state index contributed by atoms with van der Waals surface area (Å²) in [7, 11) is 0. The number of nitrogens with zero attached hydrogens (tertiary/aromatic N) is 4. The topological polar surface area (TPSA) is 64.3 Å². The fourth-order valence-corrected chi connectivity index (χ4v) is 1.80. The predicted octanol–water partition coefficient (Wildman–Crippen LogP) is 2.05. The molecule has 0 radical (unpaired) electrons. The maximum Gasteiger partial charge on any atom is 0.203 e. The molecule has 0 amide bonds. The predicted molar refractivity (Wildman–Crippen MR) is 74.4 cm³/mol. The first-order valence-electron chi connectivity index (χ1n) is 6.81. The third-order valence-electron chi connectivity index (χ3n) is 2.90. The molecule has 0 spiro atoms. The Kier molecular flexibility index (Phi) is 5.09. The lowest BCUT2D eigenvalue weighted by atomic mass is 10.3. The van der Waals surface area contributed by atoms with Crippen molar-refractivity contribution in [2.24, 2.45) is 0 Å². The van der Waals surface area contributed by atoms with Gasteiger partial charge in [0.25, 0.3) is 0 Å². The minimum Gasteiger partial charge on any atom is -0.381 e. The third-order valence-corrected chi connectivity index (χ3v) is 2.90. The van der Waals surface area contributed by atoms with Crippen LogP contribution in [0.5, 0.6) is 0 Å². The Morgan fingerprint density at radius 2 is 2.11 bits per heavy atom. The van der Waals surface area contributed by atoms with Crippen LogP contribution in [0.1, 0.15) is 32.0 Å². The molecule has 0 unspecified atom stereocenters. The van der Waals surface area contributed by atoms with Gasteiger partial charge in [-0.05, 0) is 19.8 Å². The highest BCUT2D eigenvalue weighted by Crippen LogP contribution is 2.11. The number of hydrogen-bond acceptors (Lipinski definition) is 5. The van der Waals surface area contributed by atoms with Gasteiger partial charge in [-0.15, -0.1) is 10.2 Å². The van der Waals surface area contributed by atoms with Crippen molar-refractivity contribution in [1.82, 2.24) is 19.6 Å². The Labute approximate surface area is 113 Å². The zero-order chi connectivity index (χ0) is 13.5. The molecule has 0 aliphatic rings. The zero-order valence-electron chi connectivity index (χ0n) is 11.6. The van der Waals surface area contributed by atoms with Crippen molar-refractivity contribution in [3.05, 3.63) is 18.2 Å². The number of nitrogens with one attached hydrogen (secondary N) is 1. The number of anilines is 1. The van der Waals surface area contributed by atoms with Gasteiger partial charge in [0.05, 0.1) is 0 Å². The molecule has 6 nitrogen and oxygen atoms in total. The van der Waals surface area contributed by atoms with Crippen LogP contribution in [0.3, 0.4) is 0 Å². The highest BCUT2D eigenvalue weighted by molar-refractivity contribution is 5.61. The van der Waals surface area contributed by atoms with Gasteiger partial charge in [-0.1, -0.05) is 13.3 Å². The van der Waals surface area contributed by atoms with E-state index < -0.39 is 0 Å². The lowest BCUT2D eigenvalue weighted by molar-refractivity contribution is 0.131. The molecular weight excluding hydrogens is 242 g/mol. The Hall–Kier alpha value is -1.69. The van der Waals surface area contributed by atoms with Crippen LogP contribution in [0.4, 0.5) is 5.82 Å². The molecule has 6 heteroatoms. The molecule has 0 aromatic carbocycles. The van der Waals surface area contributed by atoms with E-state index in [0.717, 1.165) is 49.9 Å². The van der Waals surface area contributed by atoms with E-state index in [0.29, 0.717) is 0 Å². The van der Waals surface area contributed by atoms with Gasteiger partial charge >= 0.3 is 0 Å². The van der Waals surface area contributed by atoms with E-state index in [9.17, 15) is 0 Å². The minimum absolute atomic E-state index is 0.770. The Bertz CT molecular complexity index is 511. The molecule has 19 heavy (non-hydrogen) atoms. The van der Waals surface area contributed by atoms with Crippen LogP contribution < -0.4 is 5.32 Å². The van der Waals surface area contributed by atoms with Crippen molar-refractivity contribution in [2.75, 3.05) is 25.1 Å². The summed E-state index contributed by atoms with van der Waals surface area (Å²) in [5.41, 5.74) is 0.770. The summed E-state index contributed by atoms with van der Waals surface area (Å²) in [6.45, 7) is 6.55. The van der Waals surface area contributed by atoms with Gasteiger partial charge in [-0.2, -0.15) is 0 Å². The number of unbranched alkanes of at least 4 members (excludes halogenated alkanes) is 1. The van der Waals surface area contributed by atoms with Crippen LogP contribution in [0, 0.1) is 6.92 Å². The van der Waals surface area contributed by atoms with Crippen LogP contribution in [-0.2, 0) is 4.74 Å². The van der Waals surface area contributed by atoms with Crippen LogP contribution in [0.15, 0.2) is 12.4 Å². The lowest BCUT2D eigenvalue weighted by Gasteiger charge is -2.07.